The van der Waals surface area contributed by atoms with Gasteiger partial charge in [-0.3, -0.25) is 13.8 Å². The summed E-state index contributed by atoms with van der Waals surface area (Å²) in [4.78, 5) is 20.9. The van der Waals surface area contributed by atoms with Crippen LogP contribution in [-0.2, 0) is 33.4 Å². The lowest BCUT2D eigenvalue weighted by Gasteiger charge is -2.13. The van der Waals surface area contributed by atoms with Gasteiger partial charge >= 0.3 is 11.9 Å². The van der Waals surface area contributed by atoms with E-state index in [2.05, 4.69) is 17.9 Å². The van der Waals surface area contributed by atoms with E-state index in [1.807, 2.05) is 6.92 Å². The molecule has 150 valence electrons. The molecule has 0 spiro atoms. The Morgan fingerprint density at radius 2 is 1.70 bits per heavy atom. The maximum atomic E-state index is 11.9. The number of benzene rings is 1. The Morgan fingerprint density at radius 1 is 1.11 bits per heavy atom. The number of esters is 2. The fourth-order valence-corrected chi connectivity index (χ4v) is 2.50. The molecule has 1 aromatic carbocycles. The van der Waals surface area contributed by atoms with Crippen LogP contribution in [0.1, 0.15) is 25.8 Å². The van der Waals surface area contributed by atoms with E-state index >= 15 is 0 Å². The minimum Gasteiger partial charge on any atom is -0.466 e. The first kappa shape index (κ1) is 24.6. The molecule has 1 atom stereocenters. The van der Waals surface area contributed by atoms with Gasteiger partial charge in [0.15, 0.2) is 0 Å². The Bertz CT molecular complexity index is 721. The lowest BCUT2D eigenvalue weighted by molar-refractivity contribution is -0.145. The van der Waals surface area contributed by atoms with Crippen molar-refractivity contribution in [2.45, 2.75) is 38.2 Å². The van der Waals surface area contributed by atoms with Crippen LogP contribution in [-0.4, -0.2) is 39.7 Å². The predicted octanol–water partition coefficient (Wildman–Crippen LogP) is 2.94. The Kier molecular flexibility index (Phi) is 11.7. The van der Waals surface area contributed by atoms with E-state index in [-0.39, 0.29) is 17.5 Å². The molecule has 7 nitrogen and oxygen atoms in total. The summed E-state index contributed by atoms with van der Waals surface area (Å²) in [7, 11) is -3.86. The largest absolute Gasteiger partial charge is 0.466 e. The first-order chi connectivity index (χ1) is 12.6. The van der Waals surface area contributed by atoms with Crippen molar-refractivity contribution in [3.8, 4) is 0 Å². The van der Waals surface area contributed by atoms with Gasteiger partial charge < -0.3 is 9.47 Å². The first-order valence-electron chi connectivity index (χ1n) is 8.12. The van der Waals surface area contributed by atoms with Gasteiger partial charge in [-0.25, -0.2) is 0 Å². The van der Waals surface area contributed by atoms with Crippen LogP contribution < -0.4 is 0 Å². The van der Waals surface area contributed by atoms with Crippen LogP contribution in [0.3, 0.4) is 0 Å². The van der Waals surface area contributed by atoms with E-state index in [1.54, 1.807) is 18.2 Å². The zero-order valence-electron chi connectivity index (χ0n) is 15.8. The quantitative estimate of drug-likeness (QED) is 0.273. The van der Waals surface area contributed by atoms with Crippen LogP contribution in [0, 0.1) is 6.92 Å². The number of carbonyl (C=O) groups excluding carboxylic acids is 2. The van der Waals surface area contributed by atoms with Gasteiger partial charge in [-0.1, -0.05) is 30.4 Å². The van der Waals surface area contributed by atoms with Gasteiger partial charge in [-0.05, 0) is 31.6 Å². The average molecular weight is 398 g/mol. The molecule has 0 N–H and O–H groups in total. The summed E-state index contributed by atoms with van der Waals surface area (Å²) in [6.07, 6.45) is 2.96. The monoisotopic (exact) mass is 398 g/mol. The minimum atomic E-state index is -3.86. The molecule has 0 aromatic heterocycles. The lowest BCUT2D eigenvalue weighted by atomic mass is 10.2. The molecule has 0 radical (unpaired) electrons. The topological polar surface area (TPSA) is 96.0 Å². The van der Waals surface area contributed by atoms with Crippen molar-refractivity contribution < 1.29 is 31.7 Å². The molecule has 0 aliphatic carbocycles. The van der Waals surface area contributed by atoms with Crippen LogP contribution in [0.4, 0.5) is 0 Å². The number of aryl methyl sites for hydroxylation is 1. The molecule has 0 amide bonds. The molecule has 0 aliphatic heterocycles. The SMILES string of the molecule is C=CCCOC(C)=O.C=C[C@H](COS(=O)(=O)c1ccc(C)cc1)OC(C)=O. The molecule has 0 unspecified atom stereocenters. The summed E-state index contributed by atoms with van der Waals surface area (Å²) in [5.41, 5.74) is 0.947. The third-order valence-corrected chi connectivity index (χ3v) is 4.20. The summed E-state index contributed by atoms with van der Waals surface area (Å²) in [5.74, 6) is -0.756. The molecule has 0 aliphatic rings. The number of rotatable bonds is 9. The molecule has 0 heterocycles. The minimum absolute atomic E-state index is 0.0590. The third kappa shape index (κ3) is 11.7. The van der Waals surface area contributed by atoms with Crippen molar-refractivity contribution in [3.05, 3.63) is 55.1 Å². The highest BCUT2D eigenvalue weighted by atomic mass is 32.2. The fraction of sp³-hybridized carbons (Fsp3) is 0.368. The molecule has 8 heteroatoms. The van der Waals surface area contributed by atoms with Gasteiger partial charge in [0.25, 0.3) is 10.1 Å². The van der Waals surface area contributed by atoms with Crippen LogP contribution in [0.25, 0.3) is 0 Å². The van der Waals surface area contributed by atoms with Crippen molar-refractivity contribution in [2.75, 3.05) is 13.2 Å². The summed E-state index contributed by atoms with van der Waals surface area (Å²) in [6.45, 7) is 11.6. The highest BCUT2D eigenvalue weighted by Gasteiger charge is 2.18. The standard InChI is InChI=1S/C13H16O5S.C6H10O2/c1-4-12(18-11(3)14)9-17-19(15,16)13-7-5-10(2)6-8-13;1-3-4-5-8-6(2)7/h4-8,12H,1,9H2,2-3H3;3H,1,4-5H2,2H3/t12-;/m1./s1. The normalized spacial score (nSPS) is 11.4. The Labute approximate surface area is 160 Å². The van der Waals surface area contributed by atoms with E-state index in [4.69, 9.17) is 8.92 Å². The Hall–Kier alpha value is -2.45. The second-order valence-corrected chi connectivity index (χ2v) is 6.97. The van der Waals surface area contributed by atoms with Gasteiger partial charge in [0.1, 0.15) is 12.7 Å². The number of hydrogen-bond acceptors (Lipinski definition) is 7. The van der Waals surface area contributed by atoms with Gasteiger partial charge in [-0.15, -0.1) is 6.58 Å². The van der Waals surface area contributed by atoms with Crippen LogP contribution in [0.15, 0.2) is 54.5 Å². The van der Waals surface area contributed by atoms with Gasteiger partial charge in [0.2, 0.25) is 0 Å². The Morgan fingerprint density at radius 3 is 2.15 bits per heavy atom. The zero-order chi connectivity index (χ0) is 20.9. The lowest BCUT2D eigenvalue weighted by Crippen LogP contribution is -2.22. The Balaban J connectivity index is 0.000000713. The highest BCUT2D eigenvalue weighted by Crippen LogP contribution is 2.14. The van der Waals surface area contributed by atoms with E-state index in [0.717, 1.165) is 12.0 Å². The van der Waals surface area contributed by atoms with Crippen LogP contribution in [0.2, 0.25) is 0 Å². The molecule has 1 aromatic rings. The first-order valence-corrected chi connectivity index (χ1v) is 9.53. The smallest absolute Gasteiger partial charge is 0.303 e. The molecule has 0 saturated heterocycles. The second-order valence-electron chi connectivity index (χ2n) is 5.35. The third-order valence-electron chi connectivity index (χ3n) is 2.90. The molecule has 0 bridgehead atoms. The summed E-state index contributed by atoms with van der Waals surface area (Å²) in [5, 5.41) is 0. The van der Waals surface area contributed by atoms with E-state index in [1.165, 1.54) is 32.1 Å². The van der Waals surface area contributed by atoms with Crippen molar-refractivity contribution in [3.63, 3.8) is 0 Å². The number of carbonyl (C=O) groups is 2. The number of hydrogen-bond donors (Lipinski definition) is 0. The highest BCUT2D eigenvalue weighted by molar-refractivity contribution is 7.86. The fourth-order valence-electron chi connectivity index (χ4n) is 1.58. The van der Waals surface area contributed by atoms with Crippen molar-refractivity contribution in [1.29, 1.82) is 0 Å². The zero-order valence-corrected chi connectivity index (χ0v) is 16.7. The van der Waals surface area contributed by atoms with Gasteiger partial charge in [-0.2, -0.15) is 8.42 Å². The van der Waals surface area contributed by atoms with Crippen molar-refractivity contribution in [2.24, 2.45) is 0 Å². The molecular weight excluding hydrogens is 372 g/mol. The summed E-state index contributed by atoms with van der Waals surface area (Å²) >= 11 is 0. The maximum Gasteiger partial charge on any atom is 0.303 e. The van der Waals surface area contributed by atoms with Gasteiger partial charge in [0.05, 0.1) is 11.5 Å². The molecular formula is C19H26O7S. The molecule has 1 rings (SSSR count). The molecule has 0 saturated carbocycles. The maximum absolute atomic E-state index is 11.9. The summed E-state index contributed by atoms with van der Waals surface area (Å²) in [6, 6.07) is 6.26. The molecule has 0 fully saturated rings. The average Bonchev–Trinajstić information content (AvgIpc) is 2.59. The van der Waals surface area contributed by atoms with E-state index < -0.39 is 22.2 Å². The van der Waals surface area contributed by atoms with Crippen LogP contribution in [0.5, 0.6) is 0 Å². The van der Waals surface area contributed by atoms with E-state index in [9.17, 15) is 18.0 Å². The predicted molar refractivity (Wildman–Crippen MR) is 102 cm³/mol. The van der Waals surface area contributed by atoms with Gasteiger partial charge in [0, 0.05) is 13.8 Å². The van der Waals surface area contributed by atoms with Crippen molar-refractivity contribution >= 4 is 22.1 Å². The summed E-state index contributed by atoms with van der Waals surface area (Å²) < 4.78 is 37.9. The second kappa shape index (κ2) is 12.8. The number of ether oxygens (including phenoxy) is 2. The molecule has 27 heavy (non-hydrogen) atoms. The van der Waals surface area contributed by atoms with Crippen LogP contribution >= 0.6 is 0 Å². The van der Waals surface area contributed by atoms with Crippen molar-refractivity contribution in [1.82, 2.24) is 0 Å². The van der Waals surface area contributed by atoms with E-state index in [0.29, 0.717) is 6.61 Å².